The van der Waals surface area contributed by atoms with E-state index in [2.05, 4.69) is 5.32 Å². The van der Waals surface area contributed by atoms with Crippen LogP contribution in [0.2, 0.25) is 0 Å². The quantitative estimate of drug-likeness (QED) is 0.575. The second kappa shape index (κ2) is 5.16. The van der Waals surface area contributed by atoms with Crippen LogP contribution in [0.25, 0.3) is 0 Å². The highest BCUT2D eigenvalue weighted by atomic mass is 16.5. The molecule has 3 N–H and O–H groups in total. The maximum atomic E-state index is 11.6. The van der Waals surface area contributed by atoms with Gasteiger partial charge in [-0.05, 0) is 24.6 Å². The van der Waals surface area contributed by atoms with E-state index < -0.39 is 5.97 Å². The number of likely N-dealkylation sites (N-methyl/N-ethyl adjacent to an activating group) is 1. The van der Waals surface area contributed by atoms with Crippen LogP contribution in [0.1, 0.15) is 15.9 Å². The summed E-state index contributed by atoms with van der Waals surface area (Å²) in [5.74, 6) is -0.900. The molecular weight excluding hydrogens is 208 g/mol. The van der Waals surface area contributed by atoms with Gasteiger partial charge in [0.05, 0.1) is 5.56 Å². The van der Waals surface area contributed by atoms with E-state index in [1.165, 1.54) is 13.1 Å². The average molecular weight is 222 g/mol. The van der Waals surface area contributed by atoms with Crippen LogP contribution < -0.4 is 11.1 Å². The lowest BCUT2D eigenvalue weighted by atomic mass is 10.1. The highest BCUT2D eigenvalue weighted by Gasteiger charge is 2.12. The van der Waals surface area contributed by atoms with Gasteiger partial charge in [-0.2, -0.15) is 0 Å². The molecule has 0 fully saturated rings. The summed E-state index contributed by atoms with van der Waals surface area (Å²) in [5, 5.41) is 2.36. The zero-order valence-corrected chi connectivity index (χ0v) is 9.24. The van der Waals surface area contributed by atoms with Crippen LogP contribution in [-0.2, 0) is 9.53 Å². The zero-order chi connectivity index (χ0) is 12.1. The van der Waals surface area contributed by atoms with Gasteiger partial charge >= 0.3 is 5.97 Å². The Hall–Kier alpha value is -2.04. The number of hydrogen-bond donors (Lipinski definition) is 2. The second-order valence-electron chi connectivity index (χ2n) is 3.32. The number of nitrogen functional groups attached to an aromatic ring is 1. The molecule has 0 aromatic heterocycles. The molecule has 0 atom stereocenters. The van der Waals surface area contributed by atoms with Crippen molar-refractivity contribution < 1.29 is 14.3 Å². The molecule has 0 radical (unpaired) electrons. The standard InChI is InChI=1S/C11H14N2O3/c1-7-3-4-8(12)5-9(7)11(15)16-6-10(14)13-2/h3-5H,6,12H2,1-2H3,(H,13,14). The minimum atomic E-state index is -0.548. The summed E-state index contributed by atoms with van der Waals surface area (Å²) in [7, 11) is 1.47. The van der Waals surface area contributed by atoms with Crippen molar-refractivity contribution in [3.63, 3.8) is 0 Å². The summed E-state index contributed by atoms with van der Waals surface area (Å²) in [4.78, 5) is 22.5. The number of aryl methyl sites for hydroxylation is 1. The SMILES string of the molecule is CNC(=O)COC(=O)c1cc(N)ccc1C. The maximum absolute atomic E-state index is 11.6. The summed E-state index contributed by atoms with van der Waals surface area (Å²) in [6.07, 6.45) is 0. The molecule has 1 aromatic rings. The van der Waals surface area contributed by atoms with Gasteiger partial charge in [0.1, 0.15) is 0 Å². The van der Waals surface area contributed by atoms with E-state index in [4.69, 9.17) is 10.5 Å². The van der Waals surface area contributed by atoms with Crippen LogP contribution in [-0.4, -0.2) is 25.5 Å². The van der Waals surface area contributed by atoms with E-state index in [1.807, 2.05) is 0 Å². The van der Waals surface area contributed by atoms with Crippen LogP contribution in [0, 0.1) is 6.92 Å². The lowest BCUT2D eigenvalue weighted by Crippen LogP contribution is -2.25. The third kappa shape index (κ3) is 2.98. The molecular formula is C11H14N2O3. The Balaban J connectivity index is 2.73. The van der Waals surface area contributed by atoms with Gasteiger partial charge in [0.25, 0.3) is 5.91 Å². The number of carbonyl (C=O) groups is 2. The van der Waals surface area contributed by atoms with Gasteiger partial charge in [-0.15, -0.1) is 0 Å². The lowest BCUT2D eigenvalue weighted by molar-refractivity contribution is -0.123. The Kier molecular flexibility index (Phi) is 3.88. The Labute approximate surface area is 93.6 Å². The number of benzene rings is 1. The van der Waals surface area contributed by atoms with Crippen molar-refractivity contribution in [3.05, 3.63) is 29.3 Å². The smallest absolute Gasteiger partial charge is 0.338 e. The van der Waals surface area contributed by atoms with Crippen LogP contribution in [0.4, 0.5) is 5.69 Å². The molecule has 1 aromatic carbocycles. The summed E-state index contributed by atoms with van der Waals surface area (Å²) >= 11 is 0. The summed E-state index contributed by atoms with van der Waals surface area (Å²) in [6, 6.07) is 4.96. The average Bonchev–Trinajstić information content (AvgIpc) is 2.28. The zero-order valence-electron chi connectivity index (χ0n) is 9.24. The molecule has 0 aliphatic carbocycles. The van der Waals surface area contributed by atoms with Crippen LogP contribution in [0.3, 0.4) is 0 Å². The minimum Gasteiger partial charge on any atom is -0.452 e. The first-order chi connectivity index (χ1) is 7.54. The number of esters is 1. The Morgan fingerprint density at radius 1 is 1.44 bits per heavy atom. The van der Waals surface area contributed by atoms with E-state index >= 15 is 0 Å². The molecule has 0 unspecified atom stereocenters. The third-order valence-electron chi connectivity index (χ3n) is 2.09. The van der Waals surface area contributed by atoms with E-state index in [0.29, 0.717) is 11.3 Å². The van der Waals surface area contributed by atoms with Crippen molar-refractivity contribution in [3.8, 4) is 0 Å². The topological polar surface area (TPSA) is 81.4 Å². The van der Waals surface area contributed by atoms with Crippen LogP contribution in [0.15, 0.2) is 18.2 Å². The molecule has 0 saturated carbocycles. The molecule has 5 heteroatoms. The molecule has 1 rings (SSSR count). The van der Waals surface area contributed by atoms with Gasteiger partial charge in [0.2, 0.25) is 0 Å². The van der Waals surface area contributed by atoms with Gasteiger partial charge in [0, 0.05) is 12.7 Å². The molecule has 16 heavy (non-hydrogen) atoms. The number of amides is 1. The van der Waals surface area contributed by atoms with E-state index in [9.17, 15) is 9.59 Å². The molecule has 0 aliphatic heterocycles. The van der Waals surface area contributed by atoms with E-state index in [1.54, 1.807) is 19.1 Å². The Morgan fingerprint density at radius 2 is 2.12 bits per heavy atom. The van der Waals surface area contributed by atoms with Gasteiger partial charge in [-0.25, -0.2) is 4.79 Å². The van der Waals surface area contributed by atoms with Gasteiger partial charge in [-0.3, -0.25) is 4.79 Å². The van der Waals surface area contributed by atoms with Crippen LogP contribution >= 0.6 is 0 Å². The first-order valence-electron chi connectivity index (χ1n) is 4.78. The lowest BCUT2D eigenvalue weighted by Gasteiger charge is -2.07. The Bertz CT molecular complexity index is 416. The summed E-state index contributed by atoms with van der Waals surface area (Å²) < 4.78 is 4.81. The number of nitrogens with one attached hydrogen (secondary N) is 1. The molecule has 5 nitrogen and oxygen atoms in total. The number of carbonyl (C=O) groups excluding carboxylic acids is 2. The predicted molar refractivity (Wildman–Crippen MR) is 59.9 cm³/mol. The number of ether oxygens (including phenoxy) is 1. The Morgan fingerprint density at radius 3 is 2.75 bits per heavy atom. The molecule has 0 saturated heterocycles. The molecule has 0 aliphatic rings. The second-order valence-corrected chi connectivity index (χ2v) is 3.32. The van der Waals surface area contributed by atoms with E-state index in [0.717, 1.165) is 5.56 Å². The molecule has 1 amide bonds. The normalized spacial score (nSPS) is 9.62. The summed E-state index contributed by atoms with van der Waals surface area (Å²) in [6.45, 7) is 1.49. The first-order valence-corrected chi connectivity index (χ1v) is 4.78. The minimum absolute atomic E-state index is 0.288. The van der Waals surface area contributed by atoms with Crippen molar-refractivity contribution in [2.45, 2.75) is 6.92 Å². The fourth-order valence-corrected chi connectivity index (χ4v) is 1.14. The number of anilines is 1. The van der Waals surface area contributed by atoms with E-state index in [-0.39, 0.29) is 12.5 Å². The van der Waals surface area contributed by atoms with Crippen molar-refractivity contribution in [2.24, 2.45) is 0 Å². The predicted octanol–water partition coefficient (Wildman–Crippen LogP) is 0.480. The highest BCUT2D eigenvalue weighted by Crippen LogP contribution is 2.13. The van der Waals surface area contributed by atoms with Crippen molar-refractivity contribution in [1.29, 1.82) is 0 Å². The monoisotopic (exact) mass is 222 g/mol. The van der Waals surface area contributed by atoms with Crippen molar-refractivity contribution in [1.82, 2.24) is 5.32 Å². The fraction of sp³-hybridized carbons (Fsp3) is 0.273. The van der Waals surface area contributed by atoms with Gasteiger partial charge < -0.3 is 15.8 Å². The van der Waals surface area contributed by atoms with Crippen LogP contribution in [0.5, 0.6) is 0 Å². The third-order valence-corrected chi connectivity index (χ3v) is 2.09. The summed E-state index contributed by atoms with van der Waals surface area (Å²) in [5.41, 5.74) is 7.18. The van der Waals surface area contributed by atoms with Gasteiger partial charge in [0.15, 0.2) is 6.61 Å². The molecule has 0 spiro atoms. The first kappa shape index (κ1) is 12.0. The van der Waals surface area contributed by atoms with Crippen molar-refractivity contribution in [2.75, 3.05) is 19.4 Å². The van der Waals surface area contributed by atoms with Gasteiger partial charge in [-0.1, -0.05) is 6.07 Å². The number of hydrogen-bond acceptors (Lipinski definition) is 4. The number of rotatable bonds is 3. The molecule has 0 heterocycles. The highest BCUT2D eigenvalue weighted by molar-refractivity contribution is 5.93. The van der Waals surface area contributed by atoms with Crippen molar-refractivity contribution >= 4 is 17.6 Å². The molecule has 0 bridgehead atoms. The maximum Gasteiger partial charge on any atom is 0.338 e. The molecule has 86 valence electrons. The largest absolute Gasteiger partial charge is 0.452 e. The number of nitrogens with two attached hydrogens (primary N) is 1. The fourth-order valence-electron chi connectivity index (χ4n) is 1.14.